The molecule has 0 aliphatic carbocycles. The van der Waals surface area contributed by atoms with Gasteiger partial charge in [0.2, 0.25) is 0 Å². The first kappa shape index (κ1) is 17.5. The minimum Gasteiger partial charge on any atom is -0.496 e. The fourth-order valence-corrected chi connectivity index (χ4v) is 4.24. The molecule has 3 aromatic rings. The van der Waals surface area contributed by atoms with Crippen LogP contribution in [0.2, 0.25) is 0 Å². The van der Waals surface area contributed by atoms with Crippen molar-refractivity contribution in [2.24, 2.45) is 7.05 Å². The first-order valence-electron chi connectivity index (χ1n) is 9.27. The summed E-state index contributed by atoms with van der Waals surface area (Å²) >= 11 is 0. The Morgan fingerprint density at radius 3 is 2.59 bits per heavy atom. The van der Waals surface area contributed by atoms with Gasteiger partial charge in [0.15, 0.2) is 0 Å². The molecule has 0 bridgehead atoms. The first-order valence-corrected chi connectivity index (χ1v) is 9.27. The van der Waals surface area contributed by atoms with E-state index in [4.69, 9.17) is 9.47 Å². The monoisotopic (exact) mass is 367 g/mol. The van der Waals surface area contributed by atoms with Crippen molar-refractivity contribution in [3.05, 3.63) is 47.9 Å². The lowest BCUT2D eigenvalue weighted by Crippen LogP contribution is -2.42. The zero-order chi connectivity index (χ0) is 19.1. The third kappa shape index (κ3) is 2.59. The third-order valence-corrected chi connectivity index (χ3v) is 5.59. The van der Waals surface area contributed by atoms with Gasteiger partial charge in [-0.05, 0) is 36.8 Å². The Labute approximate surface area is 158 Å². The molecule has 1 amide bonds. The minimum absolute atomic E-state index is 0.0390. The number of aromatic nitrogens is 2. The Kier molecular flexibility index (Phi) is 4.34. The van der Waals surface area contributed by atoms with Gasteiger partial charge in [-0.25, -0.2) is 0 Å². The Bertz CT molecular complexity index is 1000. The molecule has 1 unspecified atom stereocenters. The first-order chi connectivity index (χ1) is 13.1. The van der Waals surface area contributed by atoms with Crippen molar-refractivity contribution in [2.75, 3.05) is 20.8 Å². The number of hydrogen-bond donors (Lipinski definition) is 0. The van der Waals surface area contributed by atoms with Crippen LogP contribution in [0.4, 0.5) is 0 Å². The van der Waals surface area contributed by atoms with Gasteiger partial charge in [-0.15, -0.1) is 0 Å². The highest BCUT2D eigenvalue weighted by molar-refractivity contribution is 6.02. The van der Waals surface area contributed by atoms with Crippen molar-refractivity contribution in [1.29, 1.82) is 0 Å². The maximum atomic E-state index is 13.5. The Hall–Kier alpha value is -2.89. The molecule has 6 nitrogen and oxygen atoms in total. The number of methoxy groups -OCH3 is 2. The average molecular weight is 367 g/mol. The van der Waals surface area contributed by atoms with Gasteiger partial charge in [0, 0.05) is 37.4 Å². The highest BCUT2D eigenvalue weighted by atomic mass is 16.5. The molecule has 2 aromatic heterocycles. The predicted octanol–water partition coefficient (Wildman–Crippen LogP) is 3.60. The van der Waals surface area contributed by atoms with Crippen LogP contribution >= 0.6 is 0 Å². The summed E-state index contributed by atoms with van der Waals surface area (Å²) in [7, 11) is 5.19. The van der Waals surface area contributed by atoms with Gasteiger partial charge in [0.25, 0.3) is 5.91 Å². The van der Waals surface area contributed by atoms with E-state index in [2.05, 4.69) is 29.8 Å². The van der Waals surface area contributed by atoms with Gasteiger partial charge in [-0.2, -0.15) is 0 Å². The molecule has 1 aliphatic rings. The van der Waals surface area contributed by atoms with E-state index in [1.165, 1.54) is 5.69 Å². The van der Waals surface area contributed by atoms with Crippen LogP contribution in [0.5, 0.6) is 11.5 Å². The molecule has 0 saturated heterocycles. The number of aryl methyl sites for hydroxylation is 1. The summed E-state index contributed by atoms with van der Waals surface area (Å²) in [5.41, 5.74) is 2.71. The summed E-state index contributed by atoms with van der Waals surface area (Å²) in [6, 6.07) is 9.91. The summed E-state index contributed by atoms with van der Waals surface area (Å²) < 4.78 is 15.2. The normalized spacial score (nSPS) is 16.4. The zero-order valence-corrected chi connectivity index (χ0v) is 16.2. The van der Waals surface area contributed by atoms with Crippen LogP contribution in [0.1, 0.15) is 35.6 Å². The maximum absolute atomic E-state index is 13.5. The molecule has 1 aromatic carbocycles. The van der Waals surface area contributed by atoms with Crippen molar-refractivity contribution >= 4 is 16.8 Å². The van der Waals surface area contributed by atoms with Crippen molar-refractivity contribution < 1.29 is 14.3 Å². The molecule has 6 heteroatoms. The molecule has 142 valence electrons. The van der Waals surface area contributed by atoms with E-state index in [9.17, 15) is 4.79 Å². The van der Waals surface area contributed by atoms with Crippen LogP contribution in [0, 0.1) is 0 Å². The molecule has 4 rings (SSSR count). The minimum atomic E-state index is 0.0390. The molecule has 1 aliphatic heterocycles. The number of rotatable bonds is 4. The molecule has 1 atom stereocenters. The van der Waals surface area contributed by atoms with Gasteiger partial charge in [-0.3, -0.25) is 4.79 Å². The van der Waals surface area contributed by atoms with Crippen molar-refractivity contribution in [3.8, 4) is 11.5 Å². The molecule has 0 fully saturated rings. The van der Waals surface area contributed by atoms with E-state index in [0.717, 1.165) is 35.4 Å². The molecule has 0 saturated carbocycles. The summed E-state index contributed by atoms with van der Waals surface area (Å²) in [6.07, 6.45) is 2.97. The maximum Gasteiger partial charge on any atom is 0.271 e. The zero-order valence-electron chi connectivity index (χ0n) is 16.2. The molecular formula is C21H25N3O3. The van der Waals surface area contributed by atoms with E-state index in [0.29, 0.717) is 12.2 Å². The van der Waals surface area contributed by atoms with E-state index in [1.54, 1.807) is 14.2 Å². The van der Waals surface area contributed by atoms with Gasteiger partial charge < -0.3 is 23.5 Å². The molecule has 3 heterocycles. The molecule has 27 heavy (non-hydrogen) atoms. The standard InChI is InChI=1S/C21H25N3O3/c1-5-15-16-7-6-10-23(16)11-12-24(15)21(25)17-13-14-18(26-3)8-9-19(27-4)20(14)22(17)2/h6-10,13,15H,5,11-12H2,1-4H3. The molecular weight excluding hydrogens is 342 g/mol. The summed E-state index contributed by atoms with van der Waals surface area (Å²) in [4.78, 5) is 15.5. The summed E-state index contributed by atoms with van der Waals surface area (Å²) in [5, 5.41) is 0.885. The SMILES string of the molecule is CCC1c2cccn2CCN1C(=O)c1cc2c(OC)ccc(OC)c2n1C. The van der Waals surface area contributed by atoms with Crippen LogP contribution in [-0.4, -0.2) is 40.7 Å². The lowest BCUT2D eigenvalue weighted by molar-refractivity contribution is 0.0608. The van der Waals surface area contributed by atoms with E-state index in [1.807, 2.05) is 34.7 Å². The van der Waals surface area contributed by atoms with E-state index >= 15 is 0 Å². The predicted molar refractivity (Wildman–Crippen MR) is 105 cm³/mol. The second-order valence-corrected chi connectivity index (χ2v) is 6.87. The smallest absolute Gasteiger partial charge is 0.271 e. The topological polar surface area (TPSA) is 48.6 Å². The highest BCUT2D eigenvalue weighted by Crippen LogP contribution is 2.37. The Morgan fingerprint density at radius 1 is 1.15 bits per heavy atom. The van der Waals surface area contributed by atoms with E-state index < -0.39 is 0 Å². The highest BCUT2D eigenvalue weighted by Gasteiger charge is 2.32. The number of nitrogens with zero attached hydrogens (tertiary/aromatic N) is 3. The average Bonchev–Trinajstić information content (AvgIpc) is 3.31. The number of benzene rings is 1. The molecule has 0 spiro atoms. The number of ether oxygens (including phenoxy) is 2. The van der Waals surface area contributed by atoms with Gasteiger partial charge in [-0.1, -0.05) is 6.92 Å². The summed E-state index contributed by atoms with van der Waals surface area (Å²) in [6.45, 7) is 3.65. The number of carbonyl (C=O) groups excluding carboxylic acids is 1. The fraction of sp³-hybridized carbons (Fsp3) is 0.381. The van der Waals surface area contributed by atoms with Crippen molar-refractivity contribution in [3.63, 3.8) is 0 Å². The fourth-order valence-electron chi connectivity index (χ4n) is 4.24. The van der Waals surface area contributed by atoms with Gasteiger partial charge >= 0.3 is 0 Å². The van der Waals surface area contributed by atoms with Crippen LogP contribution < -0.4 is 9.47 Å². The van der Waals surface area contributed by atoms with Gasteiger partial charge in [0.1, 0.15) is 17.2 Å². The Morgan fingerprint density at radius 2 is 1.89 bits per heavy atom. The Balaban J connectivity index is 1.80. The second-order valence-electron chi connectivity index (χ2n) is 6.87. The molecule has 0 N–H and O–H groups in total. The largest absolute Gasteiger partial charge is 0.496 e. The van der Waals surface area contributed by atoms with Crippen LogP contribution in [-0.2, 0) is 13.6 Å². The number of carbonyl (C=O) groups is 1. The third-order valence-electron chi connectivity index (χ3n) is 5.59. The number of hydrogen-bond acceptors (Lipinski definition) is 3. The van der Waals surface area contributed by atoms with Crippen LogP contribution in [0.3, 0.4) is 0 Å². The summed E-state index contributed by atoms with van der Waals surface area (Å²) in [5.74, 6) is 1.50. The van der Waals surface area contributed by atoms with Gasteiger partial charge in [0.05, 0.1) is 25.8 Å². The second kappa shape index (κ2) is 6.68. The number of amides is 1. The lowest BCUT2D eigenvalue weighted by Gasteiger charge is -2.36. The van der Waals surface area contributed by atoms with E-state index in [-0.39, 0.29) is 11.9 Å². The van der Waals surface area contributed by atoms with Crippen LogP contribution in [0.15, 0.2) is 36.5 Å². The van der Waals surface area contributed by atoms with Crippen molar-refractivity contribution in [1.82, 2.24) is 14.0 Å². The van der Waals surface area contributed by atoms with Crippen molar-refractivity contribution in [2.45, 2.75) is 25.9 Å². The van der Waals surface area contributed by atoms with Crippen LogP contribution in [0.25, 0.3) is 10.9 Å². The molecule has 0 radical (unpaired) electrons. The quantitative estimate of drug-likeness (QED) is 0.708. The number of fused-ring (bicyclic) bond motifs is 2. The lowest BCUT2D eigenvalue weighted by atomic mass is 10.1.